The number of alkyl halides is 3. The van der Waals surface area contributed by atoms with Gasteiger partial charge in [0.05, 0.1) is 0 Å². The number of amides is 1. The van der Waals surface area contributed by atoms with E-state index in [0.717, 1.165) is 0 Å². The molecule has 1 aliphatic rings. The molecule has 2 heterocycles. The number of carboxylic acid groups (broad SMARTS) is 1. The van der Waals surface area contributed by atoms with E-state index >= 15 is 0 Å². The van der Waals surface area contributed by atoms with Crippen LogP contribution < -0.4 is 4.90 Å². The van der Waals surface area contributed by atoms with Gasteiger partial charge in [0, 0.05) is 26.2 Å². The molecule has 1 fully saturated rings. The Morgan fingerprint density at radius 1 is 1.40 bits per heavy atom. The molecule has 0 aromatic carbocycles. The first-order valence-electron chi connectivity index (χ1n) is 5.90. The lowest BCUT2D eigenvalue weighted by molar-refractivity contribution is -0.138. The molecule has 0 aliphatic carbocycles. The van der Waals surface area contributed by atoms with Gasteiger partial charge in [-0.1, -0.05) is 11.3 Å². The van der Waals surface area contributed by atoms with Crippen LogP contribution in [0.5, 0.6) is 0 Å². The van der Waals surface area contributed by atoms with Crippen molar-refractivity contribution in [2.45, 2.75) is 25.1 Å². The van der Waals surface area contributed by atoms with Gasteiger partial charge in [-0.2, -0.15) is 13.2 Å². The fourth-order valence-electron chi connectivity index (χ4n) is 2.07. The van der Waals surface area contributed by atoms with E-state index in [4.69, 9.17) is 5.11 Å². The summed E-state index contributed by atoms with van der Waals surface area (Å²) in [7, 11) is 1.65. The van der Waals surface area contributed by atoms with Crippen LogP contribution in [0, 0.1) is 0 Å². The van der Waals surface area contributed by atoms with Crippen molar-refractivity contribution in [1.29, 1.82) is 0 Å². The molecule has 0 spiro atoms. The Morgan fingerprint density at radius 2 is 2.00 bits per heavy atom. The van der Waals surface area contributed by atoms with Gasteiger partial charge >= 0.3 is 12.3 Å². The molecule has 10 heteroatoms. The molecule has 0 radical (unpaired) electrons. The zero-order valence-electron chi connectivity index (χ0n) is 10.6. The number of rotatable bonds is 2. The summed E-state index contributed by atoms with van der Waals surface area (Å²) in [6.45, 7) is 0.741. The highest BCUT2D eigenvalue weighted by molar-refractivity contribution is 7.15. The van der Waals surface area contributed by atoms with E-state index in [1.165, 1.54) is 4.90 Å². The van der Waals surface area contributed by atoms with E-state index in [0.29, 0.717) is 37.3 Å². The van der Waals surface area contributed by atoms with E-state index in [-0.39, 0.29) is 11.2 Å². The van der Waals surface area contributed by atoms with Gasteiger partial charge in [0.15, 0.2) is 0 Å². The van der Waals surface area contributed by atoms with Gasteiger partial charge in [0.1, 0.15) is 0 Å². The van der Waals surface area contributed by atoms with Crippen LogP contribution in [0.1, 0.15) is 17.8 Å². The zero-order valence-corrected chi connectivity index (χ0v) is 11.4. The maximum atomic E-state index is 12.5. The highest BCUT2D eigenvalue weighted by atomic mass is 32.1. The topological polar surface area (TPSA) is 69.6 Å². The second-order valence-corrected chi connectivity index (χ2v) is 5.46. The number of carbonyl (C=O) groups is 1. The first kappa shape index (κ1) is 14.8. The monoisotopic (exact) mass is 310 g/mol. The van der Waals surface area contributed by atoms with Crippen LogP contribution in [0.2, 0.25) is 0 Å². The Bertz CT molecular complexity index is 485. The normalized spacial score (nSPS) is 17.3. The molecule has 2 rings (SSSR count). The predicted molar refractivity (Wildman–Crippen MR) is 65.9 cm³/mol. The van der Waals surface area contributed by atoms with E-state index in [9.17, 15) is 18.0 Å². The van der Waals surface area contributed by atoms with E-state index < -0.39 is 17.3 Å². The first-order valence-corrected chi connectivity index (χ1v) is 6.72. The Kier molecular flexibility index (Phi) is 4.02. The quantitative estimate of drug-likeness (QED) is 0.906. The lowest BCUT2D eigenvalue weighted by atomic mass is 10.0. The molecule has 1 N–H and O–H groups in total. The van der Waals surface area contributed by atoms with Crippen molar-refractivity contribution in [2.75, 3.05) is 25.0 Å². The van der Waals surface area contributed by atoms with Crippen molar-refractivity contribution < 1.29 is 23.1 Å². The van der Waals surface area contributed by atoms with Crippen molar-refractivity contribution in [3.8, 4) is 0 Å². The zero-order chi connectivity index (χ0) is 14.9. The summed E-state index contributed by atoms with van der Waals surface area (Å²) >= 11 is 0.497. The SMILES string of the molecule is CN(c1nnc(C(F)(F)F)s1)C1CCN(C(=O)O)CC1. The highest BCUT2D eigenvalue weighted by Gasteiger charge is 2.36. The summed E-state index contributed by atoms with van der Waals surface area (Å²) in [5.41, 5.74) is 0. The number of piperidine rings is 1. The second kappa shape index (κ2) is 5.43. The molecular weight excluding hydrogens is 297 g/mol. The van der Waals surface area contributed by atoms with Gasteiger partial charge < -0.3 is 14.9 Å². The molecule has 0 saturated carbocycles. The number of halogens is 3. The Labute approximate surface area is 116 Å². The van der Waals surface area contributed by atoms with Crippen LogP contribution in [0.3, 0.4) is 0 Å². The number of anilines is 1. The summed E-state index contributed by atoms with van der Waals surface area (Å²) in [6, 6.07) is -0.0281. The van der Waals surface area contributed by atoms with Crippen molar-refractivity contribution in [3.05, 3.63) is 5.01 Å². The van der Waals surface area contributed by atoms with Crippen molar-refractivity contribution in [1.82, 2.24) is 15.1 Å². The van der Waals surface area contributed by atoms with Gasteiger partial charge in [-0.15, -0.1) is 10.2 Å². The summed E-state index contributed by atoms with van der Waals surface area (Å²) in [6.07, 6.45) is -4.34. The maximum Gasteiger partial charge on any atom is 0.445 e. The number of nitrogens with zero attached hydrogens (tertiary/aromatic N) is 4. The van der Waals surface area contributed by atoms with Crippen molar-refractivity contribution in [2.24, 2.45) is 0 Å². The fourth-order valence-corrected chi connectivity index (χ4v) is 2.82. The Morgan fingerprint density at radius 3 is 2.45 bits per heavy atom. The second-order valence-electron chi connectivity index (χ2n) is 4.50. The first-order chi connectivity index (χ1) is 9.29. The minimum absolute atomic E-state index is 0.0281. The Hall–Kier alpha value is -1.58. The van der Waals surface area contributed by atoms with E-state index in [1.54, 1.807) is 11.9 Å². The molecule has 6 nitrogen and oxygen atoms in total. The lowest BCUT2D eigenvalue weighted by Gasteiger charge is -2.35. The molecule has 1 amide bonds. The molecule has 1 saturated heterocycles. The van der Waals surface area contributed by atoms with Crippen molar-refractivity contribution in [3.63, 3.8) is 0 Å². The van der Waals surface area contributed by atoms with Crippen LogP contribution in [0.15, 0.2) is 0 Å². The maximum absolute atomic E-state index is 12.5. The third-order valence-corrected chi connectivity index (χ3v) is 4.30. The minimum atomic E-state index is -4.48. The molecule has 0 unspecified atom stereocenters. The lowest BCUT2D eigenvalue weighted by Crippen LogP contribution is -2.45. The average Bonchev–Trinajstić information content (AvgIpc) is 2.87. The van der Waals surface area contributed by atoms with Crippen LogP contribution in [-0.4, -0.2) is 52.5 Å². The van der Waals surface area contributed by atoms with Crippen LogP contribution in [-0.2, 0) is 6.18 Å². The standard InChI is InChI=1S/C10H13F3N4O2S/c1-16(6-2-4-17(5-3-6)9(18)19)8-15-14-7(20-8)10(11,12)13/h6H,2-5H2,1H3,(H,18,19). The van der Waals surface area contributed by atoms with E-state index in [2.05, 4.69) is 10.2 Å². The van der Waals surface area contributed by atoms with Crippen LogP contribution in [0.25, 0.3) is 0 Å². The summed E-state index contributed by atoms with van der Waals surface area (Å²) < 4.78 is 37.4. The van der Waals surface area contributed by atoms with Crippen LogP contribution in [0.4, 0.5) is 23.1 Å². The summed E-state index contributed by atoms with van der Waals surface area (Å²) in [5.74, 6) is 0. The van der Waals surface area contributed by atoms with Gasteiger partial charge in [0.2, 0.25) is 10.1 Å². The number of hydrogen-bond donors (Lipinski definition) is 1. The largest absolute Gasteiger partial charge is 0.465 e. The summed E-state index contributed by atoms with van der Waals surface area (Å²) in [5, 5.41) is 14.8. The smallest absolute Gasteiger partial charge is 0.445 e. The van der Waals surface area contributed by atoms with Crippen LogP contribution >= 0.6 is 11.3 Å². The Balaban J connectivity index is 2.00. The van der Waals surface area contributed by atoms with Crippen molar-refractivity contribution >= 4 is 22.6 Å². The fraction of sp³-hybridized carbons (Fsp3) is 0.700. The molecule has 20 heavy (non-hydrogen) atoms. The highest BCUT2D eigenvalue weighted by Crippen LogP contribution is 2.35. The average molecular weight is 310 g/mol. The predicted octanol–water partition coefficient (Wildman–Crippen LogP) is 2.14. The number of likely N-dealkylation sites (tertiary alicyclic amines) is 1. The molecule has 0 atom stereocenters. The van der Waals surface area contributed by atoms with Gasteiger partial charge in [-0.3, -0.25) is 0 Å². The number of aromatic nitrogens is 2. The molecule has 112 valence electrons. The summed E-state index contributed by atoms with van der Waals surface area (Å²) in [4.78, 5) is 13.7. The third-order valence-electron chi connectivity index (χ3n) is 3.24. The van der Waals surface area contributed by atoms with Gasteiger partial charge in [-0.25, -0.2) is 4.79 Å². The molecule has 1 aromatic rings. The molecular formula is C10H13F3N4O2S. The van der Waals surface area contributed by atoms with Gasteiger partial charge in [-0.05, 0) is 12.8 Å². The number of hydrogen-bond acceptors (Lipinski definition) is 5. The third kappa shape index (κ3) is 3.11. The molecule has 1 aromatic heterocycles. The van der Waals surface area contributed by atoms with Gasteiger partial charge in [0.25, 0.3) is 0 Å². The minimum Gasteiger partial charge on any atom is -0.465 e. The molecule has 0 bridgehead atoms. The van der Waals surface area contributed by atoms with E-state index in [1.807, 2.05) is 0 Å². The molecule has 1 aliphatic heterocycles.